The first-order valence-corrected chi connectivity index (χ1v) is 10.6. The van der Waals surface area contributed by atoms with Crippen molar-refractivity contribution in [3.63, 3.8) is 0 Å². The molecule has 1 aliphatic heterocycles. The van der Waals surface area contributed by atoms with E-state index >= 15 is 0 Å². The summed E-state index contributed by atoms with van der Waals surface area (Å²) in [5, 5.41) is 0. The van der Waals surface area contributed by atoms with Gasteiger partial charge in [0.2, 0.25) is 10.0 Å². The highest BCUT2D eigenvalue weighted by atomic mass is 32.2. The van der Waals surface area contributed by atoms with Crippen molar-refractivity contribution in [1.29, 1.82) is 0 Å². The zero-order valence-corrected chi connectivity index (χ0v) is 17.5. The molecule has 1 heterocycles. The highest BCUT2D eigenvalue weighted by Gasteiger charge is 2.22. The average Bonchev–Trinajstić information content (AvgIpc) is 2.67. The molecule has 1 aliphatic rings. The van der Waals surface area contributed by atoms with Gasteiger partial charge < -0.3 is 19.3 Å². The first kappa shape index (κ1) is 20.4. The molecule has 0 spiro atoms. The lowest BCUT2D eigenvalue weighted by Gasteiger charge is -2.26. The summed E-state index contributed by atoms with van der Waals surface area (Å²) in [4.78, 5) is 4.19. The lowest BCUT2D eigenvalue weighted by molar-refractivity contribution is 0.171. The van der Waals surface area contributed by atoms with Gasteiger partial charge in [-0.25, -0.2) is 13.1 Å². The Morgan fingerprint density at radius 3 is 2.21 bits per heavy atom. The molecule has 7 nitrogen and oxygen atoms in total. The van der Waals surface area contributed by atoms with E-state index in [-0.39, 0.29) is 17.5 Å². The monoisotopic (exact) mass is 405 g/mol. The summed E-state index contributed by atoms with van der Waals surface area (Å²) in [6, 6.07) is 12.7. The molecule has 0 aliphatic carbocycles. The number of hydrogen-bond donors (Lipinski definition) is 1. The van der Waals surface area contributed by atoms with Gasteiger partial charge in [-0.3, -0.25) is 0 Å². The Morgan fingerprint density at radius 2 is 1.61 bits per heavy atom. The second kappa shape index (κ2) is 8.38. The number of likely N-dealkylation sites (N-methyl/N-ethyl adjacent to an activating group) is 1. The first-order chi connectivity index (χ1) is 13.3. The van der Waals surface area contributed by atoms with Crippen molar-refractivity contribution in [2.75, 3.05) is 52.8 Å². The fourth-order valence-corrected chi connectivity index (χ4v) is 4.11. The Labute approximate surface area is 166 Å². The van der Waals surface area contributed by atoms with Crippen LogP contribution in [0.1, 0.15) is 11.6 Å². The molecule has 0 radical (unpaired) electrons. The van der Waals surface area contributed by atoms with E-state index in [9.17, 15) is 8.42 Å². The van der Waals surface area contributed by atoms with Crippen LogP contribution in [0.3, 0.4) is 0 Å². The molecular formula is C20H27N3O4S. The fourth-order valence-electron chi connectivity index (χ4n) is 3.06. The van der Waals surface area contributed by atoms with Crippen LogP contribution in [0.25, 0.3) is 0 Å². The van der Waals surface area contributed by atoms with Crippen LogP contribution in [0.4, 0.5) is 5.69 Å². The van der Waals surface area contributed by atoms with E-state index in [1.807, 2.05) is 62.3 Å². The number of nitrogens with zero attached hydrogens (tertiary/aromatic N) is 2. The number of nitrogens with one attached hydrogen (secondary N) is 1. The molecule has 0 saturated carbocycles. The number of anilines is 1. The van der Waals surface area contributed by atoms with Gasteiger partial charge in [0, 0.05) is 38.4 Å². The first-order valence-electron chi connectivity index (χ1n) is 9.11. The molecule has 0 saturated heterocycles. The predicted octanol–water partition coefficient (Wildman–Crippen LogP) is 2.10. The lowest BCUT2D eigenvalue weighted by atomic mass is 10.1. The summed E-state index contributed by atoms with van der Waals surface area (Å²) in [5.41, 5.74) is 2.14. The zero-order valence-electron chi connectivity index (χ0n) is 16.7. The maximum Gasteiger partial charge on any atom is 0.240 e. The number of rotatable bonds is 7. The number of ether oxygens (including phenoxy) is 2. The molecule has 1 N–H and O–H groups in total. The highest BCUT2D eigenvalue weighted by molar-refractivity contribution is 7.89. The molecule has 3 rings (SSSR count). The van der Waals surface area contributed by atoms with Gasteiger partial charge in [-0.05, 0) is 43.9 Å². The smallest absolute Gasteiger partial charge is 0.240 e. The molecule has 8 heteroatoms. The van der Waals surface area contributed by atoms with Crippen molar-refractivity contribution in [2.45, 2.75) is 10.9 Å². The summed E-state index contributed by atoms with van der Waals surface area (Å²) in [5.74, 6) is 1.02. The number of fused-ring (bicyclic) bond motifs is 1. The molecule has 0 aromatic heterocycles. The third-order valence-electron chi connectivity index (χ3n) is 4.71. The third kappa shape index (κ3) is 4.57. The molecule has 2 aromatic rings. The minimum atomic E-state index is -3.67. The minimum Gasteiger partial charge on any atom is -0.486 e. The topological polar surface area (TPSA) is 71.1 Å². The van der Waals surface area contributed by atoms with Crippen LogP contribution in [0, 0.1) is 0 Å². The summed E-state index contributed by atoms with van der Waals surface area (Å²) in [7, 11) is 4.17. The van der Waals surface area contributed by atoms with E-state index in [4.69, 9.17) is 9.47 Å². The van der Waals surface area contributed by atoms with Crippen molar-refractivity contribution < 1.29 is 17.9 Å². The number of sulfonamides is 1. The molecular weight excluding hydrogens is 378 g/mol. The van der Waals surface area contributed by atoms with E-state index < -0.39 is 10.0 Å². The Kier molecular flexibility index (Phi) is 6.12. The summed E-state index contributed by atoms with van der Waals surface area (Å²) in [6.45, 7) is 1.13. The SMILES string of the molecule is CN(C)c1ccc([C@H](CNS(=O)(=O)c2ccc3c(c2)OCCO3)N(C)C)cc1. The maximum atomic E-state index is 12.8. The van der Waals surface area contributed by atoms with Gasteiger partial charge in [0.05, 0.1) is 4.90 Å². The lowest BCUT2D eigenvalue weighted by Crippen LogP contribution is -2.34. The van der Waals surface area contributed by atoms with Crippen LogP contribution in [0.15, 0.2) is 47.4 Å². The van der Waals surface area contributed by atoms with Crippen LogP contribution in [-0.2, 0) is 10.0 Å². The van der Waals surface area contributed by atoms with Gasteiger partial charge in [0.15, 0.2) is 11.5 Å². The van der Waals surface area contributed by atoms with Gasteiger partial charge in [-0.1, -0.05) is 12.1 Å². The standard InChI is InChI=1S/C20H27N3O4S/c1-22(2)16-7-5-15(6-8-16)18(23(3)4)14-21-28(24,25)17-9-10-19-20(13-17)27-12-11-26-19/h5-10,13,18,21H,11-12,14H2,1-4H3/t18-/m0/s1. The predicted molar refractivity (Wildman–Crippen MR) is 110 cm³/mol. The van der Waals surface area contributed by atoms with Crippen molar-refractivity contribution >= 4 is 15.7 Å². The van der Waals surface area contributed by atoms with E-state index in [2.05, 4.69) is 4.72 Å². The Morgan fingerprint density at radius 1 is 0.964 bits per heavy atom. The molecule has 0 amide bonds. The normalized spacial score (nSPS) is 14.8. The fraction of sp³-hybridized carbons (Fsp3) is 0.400. The van der Waals surface area contributed by atoms with Gasteiger partial charge >= 0.3 is 0 Å². The van der Waals surface area contributed by atoms with Gasteiger partial charge in [0.1, 0.15) is 13.2 Å². The van der Waals surface area contributed by atoms with Crippen molar-refractivity contribution in [3.8, 4) is 11.5 Å². The van der Waals surface area contributed by atoms with Crippen LogP contribution in [0.5, 0.6) is 11.5 Å². The second-order valence-electron chi connectivity index (χ2n) is 7.12. The molecule has 1 atom stereocenters. The summed E-state index contributed by atoms with van der Waals surface area (Å²) in [6.07, 6.45) is 0. The maximum absolute atomic E-state index is 12.8. The molecule has 152 valence electrons. The van der Waals surface area contributed by atoms with Crippen LogP contribution in [-0.4, -0.2) is 61.3 Å². The number of hydrogen-bond acceptors (Lipinski definition) is 6. The third-order valence-corrected chi connectivity index (χ3v) is 6.13. The van der Waals surface area contributed by atoms with Crippen molar-refractivity contribution in [2.24, 2.45) is 0 Å². The molecule has 2 aromatic carbocycles. The average molecular weight is 406 g/mol. The minimum absolute atomic E-state index is 0.0943. The van der Waals surface area contributed by atoms with Crippen LogP contribution in [0.2, 0.25) is 0 Å². The van der Waals surface area contributed by atoms with Crippen LogP contribution < -0.4 is 19.1 Å². The quantitative estimate of drug-likeness (QED) is 0.761. The Bertz CT molecular complexity index is 912. The largest absolute Gasteiger partial charge is 0.486 e. The van der Waals surface area contributed by atoms with Crippen molar-refractivity contribution in [1.82, 2.24) is 9.62 Å². The molecule has 0 unspecified atom stereocenters. The van der Waals surface area contributed by atoms with E-state index in [1.165, 1.54) is 12.1 Å². The van der Waals surface area contributed by atoms with E-state index in [0.717, 1.165) is 11.3 Å². The Hall–Kier alpha value is -2.29. The van der Waals surface area contributed by atoms with E-state index in [0.29, 0.717) is 24.7 Å². The zero-order chi connectivity index (χ0) is 20.3. The van der Waals surface area contributed by atoms with Gasteiger partial charge in [-0.2, -0.15) is 0 Å². The molecule has 0 bridgehead atoms. The molecule has 0 fully saturated rings. The van der Waals surface area contributed by atoms with Gasteiger partial charge in [-0.15, -0.1) is 0 Å². The van der Waals surface area contributed by atoms with Gasteiger partial charge in [0.25, 0.3) is 0 Å². The Balaban J connectivity index is 1.75. The van der Waals surface area contributed by atoms with E-state index in [1.54, 1.807) is 6.07 Å². The number of benzene rings is 2. The summed E-state index contributed by atoms with van der Waals surface area (Å²) < 4.78 is 39.2. The summed E-state index contributed by atoms with van der Waals surface area (Å²) >= 11 is 0. The van der Waals surface area contributed by atoms with Crippen LogP contribution >= 0.6 is 0 Å². The highest BCUT2D eigenvalue weighted by Crippen LogP contribution is 2.32. The molecule has 28 heavy (non-hydrogen) atoms. The second-order valence-corrected chi connectivity index (χ2v) is 8.89. The van der Waals surface area contributed by atoms with Crippen molar-refractivity contribution in [3.05, 3.63) is 48.0 Å².